The molecule has 7 heteroatoms. The summed E-state index contributed by atoms with van der Waals surface area (Å²) in [7, 11) is 1.72. The third kappa shape index (κ3) is 3.58. The number of anilines is 1. The van der Waals surface area contributed by atoms with E-state index in [1.807, 2.05) is 6.92 Å². The van der Waals surface area contributed by atoms with Crippen molar-refractivity contribution in [1.29, 1.82) is 0 Å². The molecular weight excluding hydrogens is 284 g/mol. The molecule has 0 spiro atoms. The number of aromatic nitrogens is 2. The molecule has 1 aromatic rings. The normalized spacial score (nSPS) is 19.2. The monoisotopic (exact) mass is 310 g/mol. The zero-order chi connectivity index (χ0) is 16.1. The molecule has 0 amide bonds. The van der Waals surface area contributed by atoms with Gasteiger partial charge in [0.2, 0.25) is 5.82 Å². The van der Waals surface area contributed by atoms with Gasteiger partial charge in [0, 0.05) is 33.4 Å². The second kappa shape index (κ2) is 7.58. The lowest BCUT2D eigenvalue weighted by Crippen LogP contribution is -2.31. The number of hydrogen-bond acceptors (Lipinski definition) is 5. The lowest BCUT2D eigenvalue weighted by molar-refractivity contribution is -0.384. The molecule has 1 fully saturated rings. The lowest BCUT2D eigenvalue weighted by atomic mass is 10.00. The van der Waals surface area contributed by atoms with Crippen molar-refractivity contribution in [3.8, 4) is 0 Å². The van der Waals surface area contributed by atoms with Crippen LogP contribution in [0.5, 0.6) is 0 Å². The summed E-state index contributed by atoms with van der Waals surface area (Å²) in [5.41, 5.74) is 0.661. The molecule has 0 aromatic carbocycles. The quantitative estimate of drug-likeness (QED) is 0.596. The van der Waals surface area contributed by atoms with Crippen LogP contribution in [0.2, 0.25) is 0 Å². The molecule has 1 aliphatic rings. The fourth-order valence-corrected chi connectivity index (χ4v) is 3.25. The summed E-state index contributed by atoms with van der Waals surface area (Å²) in [6.45, 7) is 6.77. The Kier molecular flexibility index (Phi) is 5.76. The average Bonchev–Trinajstić information content (AvgIpc) is 2.67. The minimum absolute atomic E-state index is 0.161. The summed E-state index contributed by atoms with van der Waals surface area (Å²) in [5, 5.41) is 15.8. The summed E-state index contributed by atoms with van der Waals surface area (Å²) in [6.07, 6.45) is 4.39. The van der Waals surface area contributed by atoms with Gasteiger partial charge < -0.3 is 9.64 Å². The van der Waals surface area contributed by atoms with Gasteiger partial charge in [0.25, 0.3) is 0 Å². The van der Waals surface area contributed by atoms with Gasteiger partial charge in [-0.2, -0.15) is 5.10 Å². The number of methoxy groups -OCH3 is 1. The molecule has 1 atom stereocenters. The SMILES string of the molecule is CCn1nc(C)c([N+](=O)[O-])c1N1CCCCC(CCOC)C1. The summed E-state index contributed by atoms with van der Waals surface area (Å²) in [4.78, 5) is 13.3. The van der Waals surface area contributed by atoms with E-state index in [1.54, 1.807) is 18.7 Å². The number of rotatable bonds is 6. The van der Waals surface area contributed by atoms with Gasteiger partial charge in [0.05, 0.1) is 4.92 Å². The topological polar surface area (TPSA) is 73.4 Å². The zero-order valence-corrected chi connectivity index (χ0v) is 13.7. The van der Waals surface area contributed by atoms with Crippen molar-refractivity contribution in [1.82, 2.24) is 9.78 Å². The van der Waals surface area contributed by atoms with E-state index >= 15 is 0 Å². The van der Waals surface area contributed by atoms with Crippen molar-refractivity contribution in [3.63, 3.8) is 0 Å². The van der Waals surface area contributed by atoms with Crippen molar-refractivity contribution >= 4 is 11.5 Å². The Morgan fingerprint density at radius 1 is 1.45 bits per heavy atom. The number of aryl methyl sites for hydroxylation is 2. The highest BCUT2D eigenvalue weighted by Gasteiger charge is 2.31. The molecule has 124 valence electrons. The summed E-state index contributed by atoms with van der Waals surface area (Å²) >= 11 is 0. The molecule has 2 heterocycles. The van der Waals surface area contributed by atoms with E-state index in [0.717, 1.165) is 45.4 Å². The Morgan fingerprint density at radius 3 is 2.86 bits per heavy atom. The molecule has 7 nitrogen and oxygen atoms in total. The Balaban J connectivity index is 2.30. The molecule has 0 N–H and O–H groups in total. The molecule has 1 unspecified atom stereocenters. The fourth-order valence-electron chi connectivity index (χ4n) is 3.25. The van der Waals surface area contributed by atoms with Gasteiger partial charge in [0.1, 0.15) is 5.69 Å². The molecule has 2 rings (SSSR count). The van der Waals surface area contributed by atoms with Crippen molar-refractivity contribution in [2.24, 2.45) is 5.92 Å². The van der Waals surface area contributed by atoms with Gasteiger partial charge in [0.15, 0.2) is 0 Å². The van der Waals surface area contributed by atoms with Crippen LogP contribution in [0.4, 0.5) is 11.5 Å². The zero-order valence-electron chi connectivity index (χ0n) is 13.7. The van der Waals surface area contributed by atoms with Crippen LogP contribution in [0.25, 0.3) is 0 Å². The Bertz CT molecular complexity index is 515. The van der Waals surface area contributed by atoms with Crippen molar-refractivity contribution in [2.75, 3.05) is 31.7 Å². The van der Waals surface area contributed by atoms with Gasteiger partial charge in [-0.1, -0.05) is 6.42 Å². The fraction of sp³-hybridized carbons (Fsp3) is 0.800. The number of hydrogen-bond donors (Lipinski definition) is 0. The van der Waals surface area contributed by atoms with Crippen LogP contribution in [-0.4, -0.2) is 41.5 Å². The van der Waals surface area contributed by atoms with Crippen LogP contribution in [0.3, 0.4) is 0 Å². The maximum atomic E-state index is 11.5. The number of ether oxygens (including phenoxy) is 1. The lowest BCUT2D eigenvalue weighted by Gasteiger charge is -2.26. The smallest absolute Gasteiger partial charge is 0.333 e. The largest absolute Gasteiger partial charge is 0.385 e. The van der Waals surface area contributed by atoms with Gasteiger partial charge in [-0.3, -0.25) is 10.1 Å². The third-order valence-corrected chi connectivity index (χ3v) is 4.35. The van der Waals surface area contributed by atoms with Gasteiger partial charge in [-0.05, 0) is 39.0 Å². The van der Waals surface area contributed by atoms with Crippen LogP contribution in [0.15, 0.2) is 0 Å². The Labute approximate surface area is 131 Å². The van der Waals surface area contributed by atoms with E-state index in [2.05, 4.69) is 10.00 Å². The summed E-state index contributed by atoms with van der Waals surface area (Å²) < 4.78 is 6.96. The summed E-state index contributed by atoms with van der Waals surface area (Å²) in [5.74, 6) is 1.19. The van der Waals surface area contributed by atoms with E-state index in [4.69, 9.17) is 4.74 Å². The molecule has 0 aliphatic carbocycles. The molecule has 1 aliphatic heterocycles. The first kappa shape index (κ1) is 16.7. The first-order valence-corrected chi connectivity index (χ1v) is 8.04. The third-order valence-electron chi connectivity index (χ3n) is 4.35. The molecule has 0 saturated carbocycles. The van der Waals surface area contributed by atoms with Crippen LogP contribution in [0, 0.1) is 23.0 Å². The van der Waals surface area contributed by atoms with Crippen LogP contribution >= 0.6 is 0 Å². The van der Waals surface area contributed by atoms with Crippen LogP contribution in [-0.2, 0) is 11.3 Å². The highest BCUT2D eigenvalue weighted by Crippen LogP contribution is 2.34. The Hall–Kier alpha value is -1.63. The first-order valence-electron chi connectivity index (χ1n) is 8.04. The Morgan fingerprint density at radius 2 is 2.23 bits per heavy atom. The molecule has 0 radical (unpaired) electrons. The number of nitrogens with zero attached hydrogens (tertiary/aromatic N) is 4. The van der Waals surface area contributed by atoms with Crippen molar-refractivity contribution < 1.29 is 9.66 Å². The van der Waals surface area contributed by atoms with E-state index in [1.165, 1.54) is 0 Å². The standard InChI is InChI=1S/C15H26N4O3/c1-4-18-15(14(19(20)21)12(2)16-18)17-9-6-5-7-13(11-17)8-10-22-3/h13H,4-11H2,1-3H3. The predicted octanol–water partition coefficient (Wildman–Crippen LogP) is 2.76. The van der Waals surface area contributed by atoms with E-state index in [0.29, 0.717) is 24.0 Å². The number of nitro groups is 1. The molecule has 1 aromatic heterocycles. The van der Waals surface area contributed by atoms with Crippen molar-refractivity contribution in [2.45, 2.75) is 46.1 Å². The second-order valence-corrected chi connectivity index (χ2v) is 5.92. The minimum atomic E-state index is -0.293. The second-order valence-electron chi connectivity index (χ2n) is 5.92. The van der Waals surface area contributed by atoms with E-state index in [9.17, 15) is 10.1 Å². The van der Waals surface area contributed by atoms with Gasteiger partial charge in [-0.25, -0.2) is 4.68 Å². The maximum absolute atomic E-state index is 11.5. The molecular formula is C15H26N4O3. The van der Waals surface area contributed by atoms with Gasteiger partial charge >= 0.3 is 5.69 Å². The van der Waals surface area contributed by atoms with Gasteiger partial charge in [-0.15, -0.1) is 0 Å². The average molecular weight is 310 g/mol. The van der Waals surface area contributed by atoms with E-state index in [-0.39, 0.29) is 10.6 Å². The van der Waals surface area contributed by atoms with Crippen LogP contribution in [0.1, 0.15) is 38.3 Å². The summed E-state index contributed by atoms with van der Waals surface area (Å²) in [6, 6.07) is 0. The predicted molar refractivity (Wildman–Crippen MR) is 85.3 cm³/mol. The van der Waals surface area contributed by atoms with Crippen LogP contribution < -0.4 is 4.90 Å². The van der Waals surface area contributed by atoms with Crippen molar-refractivity contribution in [3.05, 3.63) is 15.8 Å². The minimum Gasteiger partial charge on any atom is -0.385 e. The highest BCUT2D eigenvalue weighted by molar-refractivity contribution is 5.61. The highest BCUT2D eigenvalue weighted by atomic mass is 16.6. The maximum Gasteiger partial charge on any atom is 0.333 e. The van der Waals surface area contributed by atoms with E-state index < -0.39 is 0 Å². The molecule has 0 bridgehead atoms. The first-order chi connectivity index (χ1) is 10.6. The molecule has 1 saturated heterocycles. The molecule has 22 heavy (non-hydrogen) atoms.